The van der Waals surface area contributed by atoms with Crippen LogP contribution >= 0.6 is 0 Å². The van der Waals surface area contributed by atoms with Gasteiger partial charge < -0.3 is 16.2 Å². The van der Waals surface area contributed by atoms with E-state index in [1.54, 1.807) is 0 Å². The first kappa shape index (κ1) is 9.48. The van der Waals surface area contributed by atoms with Crippen LogP contribution in [0.4, 0.5) is 0 Å². The zero-order chi connectivity index (χ0) is 8.97. The second kappa shape index (κ2) is 4.42. The minimum absolute atomic E-state index is 0.142. The second-order valence-electron chi connectivity index (χ2n) is 3.30. The minimum atomic E-state index is -0.227. The van der Waals surface area contributed by atoms with Crippen LogP contribution in [0.3, 0.4) is 0 Å². The second-order valence-corrected chi connectivity index (χ2v) is 3.30. The summed E-state index contributed by atoms with van der Waals surface area (Å²) in [6, 6.07) is 0. The fourth-order valence-corrected chi connectivity index (χ4v) is 1.51. The average Bonchev–Trinajstić information content (AvgIpc) is 2.01. The molecule has 0 radical (unpaired) electrons. The number of ether oxygens (including phenoxy) is 1. The number of carbonyl (C=O) groups excluding carboxylic acids is 1. The maximum absolute atomic E-state index is 10.5. The predicted octanol–water partition coefficient (Wildman–Crippen LogP) is -0.0367. The molecule has 0 aliphatic carbocycles. The molecular weight excluding hydrogens is 156 g/mol. The fraction of sp³-hybridized carbons (Fsp3) is 0.875. The van der Waals surface area contributed by atoms with Gasteiger partial charge in [-0.25, -0.2) is 0 Å². The quantitative estimate of drug-likeness (QED) is 0.627. The van der Waals surface area contributed by atoms with Gasteiger partial charge in [0.25, 0.3) is 0 Å². The Morgan fingerprint density at radius 1 is 1.58 bits per heavy atom. The molecule has 12 heavy (non-hydrogen) atoms. The van der Waals surface area contributed by atoms with Crippen LogP contribution in [0.1, 0.15) is 25.7 Å². The lowest BCUT2D eigenvalue weighted by atomic mass is 9.93. The third-order valence-electron chi connectivity index (χ3n) is 2.22. The number of nitrogens with two attached hydrogens (primary N) is 2. The Balaban J connectivity index is 2.18. The van der Waals surface area contributed by atoms with Crippen LogP contribution in [-0.2, 0) is 9.53 Å². The molecule has 0 aromatic carbocycles. The molecule has 0 saturated carbocycles. The monoisotopic (exact) mass is 172 g/mol. The van der Waals surface area contributed by atoms with Crippen molar-refractivity contribution in [3.8, 4) is 0 Å². The van der Waals surface area contributed by atoms with Crippen LogP contribution in [0, 0.1) is 5.92 Å². The number of primary amides is 1. The molecule has 1 heterocycles. The number of hydrogen-bond donors (Lipinski definition) is 2. The molecule has 0 bridgehead atoms. The zero-order valence-electron chi connectivity index (χ0n) is 7.16. The molecular formula is C8H16N2O2. The van der Waals surface area contributed by atoms with Gasteiger partial charge in [-0.3, -0.25) is 4.79 Å². The summed E-state index contributed by atoms with van der Waals surface area (Å²) < 4.78 is 5.18. The van der Waals surface area contributed by atoms with Gasteiger partial charge in [-0.2, -0.15) is 0 Å². The normalized spacial score (nSPS) is 30.1. The predicted molar refractivity (Wildman–Crippen MR) is 45.1 cm³/mol. The highest BCUT2D eigenvalue weighted by atomic mass is 16.5. The van der Waals surface area contributed by atoms with Crippen LogP contribution in [-0.4, -0.2) is 18.7 Å². The molecule has 2 unspecified atom stereocenters. The van der Waals surface area contributed by atoms with Gasteiger partial charge in [0.05, 0.1) is 0 Å². The van der Waals surface area contributed by atoms with E-state index in [1.165, 1.54) is 0 Å². The lowest BCUT2D eigenvalue weighted by Crippen LogP contribution is -2.33. The van der Waals surface area contributed by atoms with E-state index < -0.39 is 0 Å². The Labute approximate surface area is 72.2 Å². The average molecular weight is 172 g/mol. The molecule has 1 rings (SSSR count). The van der Waals surface area contributed by atoms with E-state index in [1.807, 2.05) is 0 Å². The lowest BCUT2D eigenvalue weighted by Gasteiger charge is -2.26. The van der Waals surface area contributed by atoms with E-state index in [-0.39, 0.29) is 12.1 Å². The molecule has 0 spiro atoms. The molecule has 1 saturated heterocycles. The smallest absolute Gasteiger partial charge is 0.217 e. The van der Waals surface area contributed by atoms with Crippen molar-refractivity contribution in [2.24, 2.45) is 17.4 Å². The summed E-state index contributed by atoms with van der Waals surface area (Å²) >= 11 is 0. The Hall–Kier alpha value is -0.610. The van der Waals surface area contributed by atoms with Crippen LogP contribution < -0.4 is 11.5 Å². The van der Waals surface area contributed by atoms with Crippen molar-refractivity contribution >= 4 is 5.91 Å². The van der Waals surface area contributed by atoms with Crippen molar-refractivity contribution in [3.05, 3.63) is 0 Å². The number of amides is 1. The molecule has 4 heteroatoms. The third kappa shape index (κ3) is 3.19. The molecule has 0 aromatic rings. The summed E-state index contributed by atoms with van der Waals surface area (Å²) in [7, 11) is 0. The number of carbonyl (C=O) groups is 1. The highest BCUT2D eigenvalue weighted by molar-refractivity contribution is 5.73. The van der Waals surface area contributed by atoms with Crippen LogP contribution in [0.25, 0.3) is 0 Å². The van der Waals surface area contributed by atoms with Crippen LogP contribution in [0.5, 0.6) is 0 Å². The van der Waals surface area contributed by atoms with Crippen molar-refractivity contribution < 1.29 is 9.53 Å². The van der Waals surface area contributed by atoms with Gasteiger partial charge in [0.15, 0.2) is 0 Å². The summed E-state index contributed by atoms with van der Waals surface area (Å²) in [6.07, 6.45) is 3.04. The molecule has 1 amide bonds. The van der Waals surface area contributed by atoms with Crippen molar-refractivity contribution in [2.75, 3.05) is 6.61 Å². The van der Waals surface area contributed by atoms with Gasteiger partial charge >= 0.3 is 0 Å². The highest BCUT2D eigenvalue weighted by Gasteiger charge is 2.19. The topological polar surface area (TPSA) is 78.3 Å². The molecule has 0 aromatic heterocycles. The van der Waals surface area contributed by atoms with Crippen molar-refractivity contribution in [1.82, 2.24) is 0 Å². The van der Waals surface area contributed by atoms with Crippen LogP contribution in [0.2, 0.25) is 0 Å². The molecule has 2 atom stereocenters. The van der Waals surface area contributed by atoms with Crippen molar-refractivity contribution in [3.63, 3.8) is 0 Å². The third-order valence-corrected chi connectivity index (χ3v) is 2.22. The maximum atomic E-state index is 10.5. The molecule has 4 N–H and O–H groups in total. The van der Waals surface area contributed by atoms with E-state index in [4.69, 9.17) is 16.2 Å². The minimum Gasteiger partial charge on any atom is -0.370 e. The van der Waals surface area contributed by atoms with Gasteiger partial charge in [-0.05, 0) is 25.2 Å². The van der Waals surface area contributed by atoms with E-state index in [9.17, 15) is 4.79 Å². The SMILES string of the molecule is NC(=O)CCC1CCOC(N)C1. The fourth-order valence-electron chi connectivity index (χ4n) is 1.51. The Morgan fingerprint density at radius 3 is 2.92 bits per heavy atom. The van der Waals surface area contributed by atoms with E-state index in [0.717, 1.165) is 19.3 Å². The summed E-state index contributed by atoms with van der Waals surface area (Å²) in [4.78, 5) is 10.5. The first-order valence-electron chi connectivity index (χ1n) is 4.34. The largest absolute Gasteiger partial charge is 0.370 e. The molecule has 1 aliphatic rings. The van der Waals surface area contributed by atoms with Gasteiger partial charge in [0, 0.05) is 13.0 Å². The first-order valence-corrected chi connectivity index (χ1v) is 4.34. The Morgan fingerprint density at radius 2 is 2.33 bits per heavy atom. The van der Waals surface area contributed by atoms with Gasteiger partial charge in [0.1, 0.15) is 6.23 Å². The molecule has 1 aliphatic heterocycles. The number of rotatable bonds is 3. The molecule has 4 nitrogen and oxygen atoms in total. The summed E-state index contributed by atoms with van der Waals surface area (Å²) in [6.45, 7) is 0.713. The highest BCUT2D eigenvalue weighted by Crippen LogP contribution is 2.21. The van der Waals surface area contributed by atoms with Gasteiger partial charge in [-0.15, -0.1) is 0 Å². The maximum Gasteiger partial charge on any atom is 0.217 e. The van der Waals surface area contributed by atoms with Crippen molar-refractivity contribution in [1.29, 1.82) is 0 Å². The lowest BCUT2D eigenvalue weighted by molar-refractivity contribution is -0.118. The summed E-state index contributed by atoms with van der Waals surface area (Å²) in [5.41, 5.74) is 10.6. The standard InChI is InChI=1S/C8H16N2O2/c9-7(11)2-1-6-3-4-12-8(10)5-6/h6,8H,1-5,10H2,(H2,9,11). The summed E-state index contributed by atoms with van der Waals surface area (Å²) in [5, 5.41) is 0. The Kier molecular flexibility index (Phi) is 3.49. The Bertz CT molecular complexity index is 161. The summed E-state index contributed by atoms with van der Waals surface area (Å²) in [5.74, 6) is 0.288. The first-order chi connectivity index (χ1) is 5.68. The van der Waals surface area contributed by atoms with Crippen molar-refractivity contribution in [2.45, 2.75) is 31.9 Å². The molecule has 70 valence electrons. The molecule has 1 fully saturated rings. The van der Waals surface area contributed by atoms with E-state index in [2.05, 4.69) is 0 Å². The number of hydrogen-bond acceptors (Lipinski definition) is 3. The zero-order valence-corrected chi connectivity index (χ0v) is 7.16. The van der Waals surface area contributed by atoms with E-state index in [0.29, 0.717) is 18.9 Å². The van der Waals surface area contributed by atoms with Gasteiger partial charge in [0.2, 0.25) is 5.91 Å². The van der Waals surface area contributed by atoms with Crippen LogP contribution in [0.15, 0.2) is 0 Å². The van der Waals surface area contributed by atoms with Gasteiger partial charge in [-0.1, -0.05) is 0 Å². The van der Waals surface area contributed by atoms with E-state index >= 15 is 0 Å².